The van der Waals surface area contributed by atoms with Crippen LogP contribution in [0.3, 0.4) is 0 Å². The van der Waals surface area contributed by atoms with Crippen molar-refractivity contribution in [2.75, 3.05) is 38.7 Å². The van der Waals surface area contributed by atoms with Crippen LogP contribution in [0.1, 0.15) is 43.0 Å². The number of nitrogens with zero attached hydrogens (tertiary/aromatic N) is 3. The predicted molar refractivity (Wildman–Crippen MR) is 157 cm³/mol. The molecule has 0 spiro atoms. The van der Waals surface area contributed by atoms with Gasteiger partial charge in [0.1, 0.15) is 6.54 Å². The Hall–Kier alpha value is -3.31. The lowest BCUT2D eigenvalue weighted by atomic mass is 10.1. The number of unbranched alkanes of at least 4 members (excludes halogenated alkanes) is 1. The molecule has 0 saturated heterocycles. The molecular weight excluding hydrogens is 601 g/mol. The molecular formula is C30H36BrF3N4O3. The molecule has 3 amide bonds. The van der Waals surface area contributed by atoms with Crippen LogP contribution in [0.2, 0.25) is 0 Å². The third-order valence-electron chi connectivity index (χ3n) is 6.54. The van der Waals surface area contributed by atoms with Crippen molar-refractivity contribution < 1.29 is 27.5 Å². The first kappa shape index (κ1) is 32.2. The lowest BCUT2D eigenvalue weighted by molar-refractivity contribution is -0.137. The van der Waals surface area contributed by atoms with E-state index in [9.17, 15) is 22.8 Å². The Morgan fingerprint density at radius 1 is 0.976 bits per heavy atom. The molecule has 0 atom stereocenters. The Morgan fingerprint density at radius 3 is 2.37 bits per heavy atom. The Kier molecular flexibility index (Phi) is 12.3. The summed E-state index contributed by atoms with van der Waals surface area (Å²) in [6.45, 7) is 3.69. The van der Waals surface area contributed by atoms with Gasteiger partial charge in [-0.25, -0.2) is 4.79 Å². The quantitative estimate of drug-likeness (QED) is 0.193. The van der Waals surface area contributed by atoms with Gasteiger partial charge in [0.05, 0.1) is 17.8 Å². The highest BCUT2D eigenvalue weighted by molar-refractivity contribution is 9.10. The van der Waals surface area contributed by atoms with Gasteiger partial charge in [0, 0.05) is 49.7 Å². The van der Waals surface area contributed by atoms with Crippen LogP contribution in [0, 0.1) is 0 Å². The average molecular weight is 638 g/mol. The maximum Gasteiger partial charge on any atom is 0.418 e. The van der Waals surface area contributed by atoms with Crippen LogP contribution in [0.25, 0.3) is 0 Å². The number of aromatic nitrogens is 1. The molecule has 1 N–H and O–H groups in total. The van der Waals surface area contributed by atoms with E-state index in [1.54, 1.807) is 4.90 Å². The molecule has 7 nitrogen and oxygen atoms in total. The van der Waals surface area contributed by atoms with Gasteiger partial charge >= 0.3 is 12.2 Å². The number of carbonyl (C=O) groups excluding carboxylic acids is 2. The SMILES string of the molecule is CCCCN(Cc1cccn1Cc1ccc(Br)cc1)C(=O)CN(CCCOC)C(=O)Nc1ccccc1C(F)(F)F. The molecule has 41 heavy (non-hydrogen) atoms. The Morgan fingerprint density at radius 2 is 1.68 bits per heavy atom. The van der Waals surface area contributed by atoms with Gasteiger partial charge in [-0.1, -0.05) is 53.5 Å². The molecule has 0 bridgehead atoms. The Labute approximate surface area is 247 Å². The van der Waals surface area contributed by atoms with Gasteiger partial charge in [0.25, 0.3) is 0 Å². The minimum absolute atomic E-state index is 0.140. The lowest BCUT2D eigenvalue weighted by Gasteiger charge is -2.28. The van der Waals surface area contributed by atoms with Crippen LogP contribution in [0.15, 0.2) is 71.3 Å². The third-order valence-corrected chi connectivity index (χ3v) is 7.07. The van der Waals surface area contributed by atoms with E-state index >= 15 is 0 Å². The average Bonchev–Trinajstić information content (AvgIpc) is 3.37. The van der Waals surface area contributed by atoms with Gasteiger partial charge in [0.2, 0.25) is 5.91 Å². The molecule has 2 aromatic carbocycles. The Bertz CT molecular complexity index is 1260. The fourth-order valence-electron chi connectivity index (χ4n) is 4.32. The molecule has 1 aromatic heterocycles. The molecule has 3 aromatic rings. The van der Waals surface area contributed by atoms with Crippen molar-refractivity contribution in [3.8, 4) is 0 Å². The number of hydrogen-bond donors (Lipinski definition) is 1. The van der Waals surface area contributed by atoms with E-state index in [0.29, 0.717) is 32.7 Å². The Balaban J connectivity index is 1.77. The fraction of sp³-hybridized carbons (Fsp3) is 0.400. The zero-order valence-electron chi connectivity index (χ0n) is 23.3. The van der Waals surface area contributed by atoms with Crippen LogP contribution in [0.4, 0.5) is 23.7 Å². The summed E-state index contributed by atoms with van der Waals surface area (Å²) in [6, 6.07) is 15.9. The number of alkyl halides is 3. The van der Waals surface area contributed by atoms with Crippen molar-refractivity contribution in [3.05, 3.63) is 88.2 Å². The minimum Gasteiger partial charge on any atom is -0.385 e. The maximum atomic E-state index is 13.6. The normalized spacial score (nSPS) is 11.4. The molecule has 0 aliphatic rings. The molecule has 3 rings (SSSR count). The summed E-state index contributed by atoms with van der Waals surface area (Å²) in [5.41, 5.74) is 0.736. The monoisotopic (exact) mass is 636 g/mol. The van der Waals surface area contributed by atoms with E-state index in [0.717, 1.165) is 34.6 Å². The van der Waals surface area contributed by atoms with Gasteiger partial charge in [-0.05, 0) is 54.8 Å². The zero-order valence-corrected chi connectivity index (χ0v) is 24.9. The molecule has 0 unspecified atom stereocenters. The van der Waals surface area contributed by atoms with Gasteiger partial charge in [0.15, 0.2) is 0 Å². The topological polar surface area (TPSA) is 66.8 Å². The highest BCUT2D eigenvalue weighted by Gasteiger charge is 2.34. The van der Waals surface area contributed by atoms with Crippen LogP contribution >= 0.6 is 15.9 Å². The summed E-state index contributed by atoms with van der Waals surface area (Å²) < 4.78 is 48.7. The first-order chi connectivity index (χ1) is 19.6. The highest BCUT2D eigenvalue weighted by atomic mass is 79.9. The molecule has 0 saturated carbocycles. The van der Waals surface area contributed by atoms with Gasteiger partial charge in [-0.3, -0.25) is 4.79 Å². The van der Waals surface area contributed by atoms with Crippen molar-refractivity contribution in [3.63, 3.8) is 0 Å². The standard InChI is InChI=1S/C30H36BrF3N4O3/c1-3-4-16-37(21-25-9-7-17-36(25)20-23-12-14-24(31)15-13-23)28(39)22-38(18-8-19-41-2)29(40)35-27-11-6-5-10-26(27)30(32,33)34/h5-7,9-15,17H,3-4,8,16,18-22H2,1-2H3,(H,35,40). The van der Waals surface area contributed by atoms with Crippen molar-refractivity contribution in [1.82, 2.24) is 14.4 Å². The summed E-state index contributed by atoms with van der Waals surface area (Å²) in [5, 5.41) is 2.37. The second kappa shape index (κ2) is 15.6. The predicted octanol–water partition coefficient (Wildman–Crippen LogP) is 7.02. The van der Waals surface area contributed by atoms with Crippen molar-refractivity contribution in [1.29, 1.82) is 0 Å². The van der Waals surface area contributed by atoms with Crippen molar-refractivity contribution in [2.45, 2.75) is 45.5 Å². The number of amides is 3. The number of methoxy groups -OCH3 is 1. The van der Waals surface area contributed by atoms with Crippen molar-refractivity contribution in [2.24, 2.45) is 0 Å². The van der Waals surface area contributed by atoms with Gasteiger partial charge in [-0.2, -0.15) is 13.2 Å². The number of halogens is 4. The second-order valence-corrected chi connectivity index (χ2v) is 10.6. The van der Waals surface area contributed by atoms with E-state index in [-0.39, 0.29) is 24.7 Å². The first-order valence-corrected chi connectivity index (χ1v) is 14.3. The van der Waals surface area contributed by atoms with E-state index in [1.807, 2.05) is 49.5 Å². The van der Waals surface area contributed by atoms with Crippen LogP contribution < -0.4 is 5.32 Å². The molecule has 0 aliphatic heterocycles. The van der Waals surface area contributed by atoms with E-state index < -0.39 is 17.8 Å². The molecule has 11 heteroatoms. The summed E-state index contributed by atoms with van der Waals surface area (Å²) in [4.78, 5) is 29.7. The number of para-hydroxylation sites is 1. The first-order valence-electron chi connectivity index (χ1n) is 13.5. The number of ether oxygens (including phenoxy) is 1. The summed E-state index contributed by atoms with van der Waals surface area (Å²) >= 11 is 3.45. The third kappa shape index (κ3) is 9.93. The number of anilines is 1. The number of hydrogen-bond acceptors (Lipinski definition) is 3. The van der Waals surface area contributed by atoms with Gasteiger partial charge < -0.3 is 24.4 Å². The molecule has 0 radical (unpaired) electrons. The number of rotatable bonds is 14. The van der Waals surface area contributed by atoms with E-state index in [2.05, 4.69) is 25.8 Å². The number of benzene rings is 2. The smallest absolute Gasteiger partial charge is 0.385 e. The van der Waals surface area contributed by atoms with E-state index in [1.165, 1.54) is 30.2 Å². The zero-order chi connectivity index (χ0) is 29.8. The van der Waals surface area contributed by atoms with E-state index in [4.69, 9.17) is 4.74 Å². The van der Waals surface area contributed by atoms with Crippen molar-refractivity contribution >= 4 is 33.6 Å². The maximum absolute atomic E-state index is 13.6. The number of nitrogens with one attached hydrogen (secondary N) is 1. The van der Waals surface area contributed by atoms with Crippen LogP contribution in [0.5, 0.6) is 0 Å². The summed E-state index contributed by atoms with van der Waals surface area (Å²) in [7, 11) is 1.52. The lowest BCUT2D eigenvalue weighted by Crippen LogP contribution is -2.45. The highest BCUT2D eigenvalue weighted by Crippen LogP contribution is 2.34. The molecule has 0 fully saturated rings. The van der Waals surface area contributed by atoms with Gasteiger partial charge in [-0.15, -0.1) is 0 Å². The summed E-state index contributed by atoms with van der Waals surface area (Å²) in [5.74, 6) is -0.286. The molecule has 0 aliphatic carbocycles. The number of carbonyl (C=O) groups is 2. The molecule has 1 heterocycles. The fourth-order valence-corrected chi connectivity index (χ4v) is 4.58. The summed E-state index contributed by atoms with van der Waals surface area (Å²) in [6.07, 6.45) is -0.613. The minimum atomic E-state index is -4.64. The van der Waals surface area contributed by atoms with Crippen LogP contribution in [-0.2, 0) is 28.8 Å². The molecule has 222 valence electrons. The second-order valence-electron chi connectivity index (χ2n) is 9.66. The largest absolute Gasteiger partial charge is 0.418 e. The number of urea groups is 1. The van der Waals surface area contributed by atoms with Crippen LogP contribution in [-0.4, -0.2) is 59.7 Å².